The standard InChI is InChI=1S/C23H24N4O4/c1-23(2)9-14-15(16(28)10-23)12-24-20-19(14)21(29)27-22(26-20)25-11-13-4-5-17-18(8-13)31-7-3-6-30-17/h4-5,8,12H,3,6-7,9-11H2,1-2H3,(H2,24,25,26,27,29). The Kier molecular flexibility index (Phi) is 4.64. The lowest BCUT2D eigenvalue weighted by molar-refractivity contribution is 0.0912. The number of ether oxygens (including phenoxy) is 2. The number of fused-ring (bicyclic) bond motifs is 4. The molecule has 1 aliphatic carbocycles. The van der Waals surface area contributed by atoms with Crippen molar-refractivity contribution in [3.63, 3.8) is 0 Å². The highest BCUT2D eigenvalue weighted by molar-refractivity contribution is 6.02. The number of hydrogen-bond donors (Lipinski definition) is 2. The second kappa shape index (κ2) is 7.37. The predicted octanol–water partition coefficient (Wildman–Crippen LogP) is 3.25. The molecule has 3 aromatic rings. The summed E-state index contributed by atoms with van der Waals surface area (Å²) in [6, 6.07) is 5.76. The van der Waals surface area contributed by atoms with Crippen molar-refractivity contribution in [2.45, 2.75) is 39.7 Å². The van der Waals surface area contributed by atoms with Crippen molar-refractivity contribution < 1.29 is 14.3 Å². The highest BCUT2D eigenvalue weighted by Crippen LogP contribution is 2.36. The molecule has 0 atom stereocenters. The van der Waals surface area contributed by atoms with Crippen molar-refractivity contribution in [1.29, 1.82) is 0 Å². The van der Waals surface area contributed by atoms with Crippen LogP contribution in [0.25, 0.3) is 11.0 Å². The molecule has 0 bridgehead atoms. The van der Waals surface area contributed by atoms with Crippen molar-refractivity contribution in [3.8, 4) is 11.5 Å². The minimum Gasteiger partial charge on any atom is -0.490 e. The van der Waals surface area contributed by atoms with Gasteiger partial charge in [-0.05, 0) is 35.1 Å². The molecular weight excluding hydrogens is 396 g/mol. The summed E-state index contributed by atoms with van der Waals surface area (Å²) in [6.07, 6.45) is 3.49. The van der Waals surface area contributed by atoms with Crippen LogP contribution in [-0.2, 0) is 13.0 Å². The van der Waals surface area contributed by atoms with Crippen LogP contribution in [0.4, 0.5) is 5.95 Å². The Labute approximate surface area is 179 Å². The normalized spacial score (nSPS) is 17.2. The number of benzene rings is 1. The number of carbonyl (C=O) groups excluding carboxylic acids is 1. The molecule has 0 amide bonds. The highest BCUT2D eigenvalue weighted by atomic mass is 16.5. The van der Waals surface area contributed by atoms with E-state index in [4.69, 9.17) is 9.47 Å². The van der Waals surface area contributed by atoms with E-state index in [-0.39, 0.29) is 16.8 Å². The minimum atomic E-state index is -0.291. The number of ketones is 1. The zero-order valence-corrected chi connectivity index (χ0v) is 17.6. The molecule has 0 radical (unpaired) electrons. The summed E-state index contributed by atoms with van der Waals surface area (Å²) in [5.41, 5.74) is 2.10. The van der Waals surface area contributed by atoms with E-state index in [1.165, 1.54) is 0 Å². The van der Waals surface area contributed by atoms with Crippen LogP contribution < -0.4 is 20.3 Å². The third kappa shape index (κ3) is 3.73. The summed E-state index contributed by atoms with van der Waals surface area (Å²) in [5.74, 6) is 1.82. The third-order valence-corrected chi connectivity index (χ3v) is 5.71. The molecule has 0 saturated heterocycles. The van der Waals surface area contributed by atoms with Crippen LogP contribution >= 0.6 is 0 Å². The highest BCUT2D eigenvalue weighted by Gasteiger charge is 2.33. The van der Waals surface area contributed by atoms with Gasteiger partial charge in [0.1, 0.15) is 0 Å². The van der Waals surface area contributed by atoms with E-state index in [1.807, 2.05) is 32.0 Å². The Morgan fingerprint density at radius 2 is 1.94 bits per heavy atom. The number of aromatic nitrogens is 3. The minimum absolute atomic E-state index is 0.0247. The lowest BCUT2D eigenvalue weighted by Gasteiger charge is -2.30. The second-order valence-electron chi connectivity index (χ2n) is 8.89. The van der Waals surface area contributed by atoms with Gasteiger partial charge in [0, 0.05) is 31.1 Å². The van der Waals surface area contributed by atoms with Gasteiger partial charge >= 0.3 is 0 Å². The number of nitrogens with zero attached hydrogens (tertiary/aromatic N) is 2. The van der Waals surface area contributed by atoms with Crippen molar-refractivity contribution in [3.05, 3.63) is 51.4 Å². The fraction of sp³-hybridized carbons (Fsp3) is 0.391. The first-order valence-corrected chi connectivity index (χ1v) is 10.5. The van der Waals surface area contributed by atoms with Gasteiger partial charge in [-0.2, -0.15) is 4.98 Å². The molecular formula is C23H24N4O4. The average molecular weight is 420 g/mol. The summed E-state index contributed by atoms with van der Waals surface area (Å²) in [7, 11) is 0. The topological polar surface area (TPSA) is 106 Å². The predicted molar refractivity (Wildman–Crippen MR) is 116 cm³/mol. The van der Waals surface area contributed by atoms with E-state index < -0.39 is 0 Å². The molecule has 0 saturated carbocycles. The van der Waals surface area contributed by atoms with E-state index in [9.17, 15) is 9.59 Å². The number of H-pyrrole nitrogens is 1. The van der Waals surface area contributed by atoms with Crippen molar-refractivity contribution in [2.75, 3.05) is 18.5 Å². The van der Waals surface area contributed by atoms with Crippen LogP contribution in [-0.4, -0.2) is 33.9 Å². The molecule has 2 aliphatic rings. The van der Waals surface area contributed by atoms with Crippen LogP contribution in [0.5, 0.6) is 11.5 Å². The largest absolute Gasteiger partial charge is 0.490 e. The molecule has 31 heavy (non-hydrogen) atoms. The zero-order valence-electron chi connectivity index (χ0n) is 17.6. The smallest absolute Gasteiger partial charge is 0.262 e. The Hall–Kier alpha value is -3.42. The molecule has 3 heterocycles. The van der Waals surface area contributed by atoms with E-state index in [0.29, 0.717) is 55.1 Å². The lowest BCUT2D eigenvalue weighted by atomic mass is 9.73. The summed E-state index contributed by atoms with van der Waals surface area (Å²) in [6.45, 7) is 5.78. The molecule has 0 fully saturated rings. The van der Waals surface area contributed by atoms with Crippen LogP contribution in [0.15, 0.2) is 29.2 Å². The summed E-state index contributed by atoms with van der Waals surface area (Å²) in [4.78, 5) is 37.0. The number of hydrogen-bond acceptors (Lipinski definition) is 7. The molecule has 8 nitrogen and oxygen atoms in total. The van der Waals surface area contributed by atoms with Gasteiger partial charge in [0.15, 0.2) is 22.9 Å². The second-order valence-corrected chi connectivity index (χ2v) is 8.89. The van der Waals surface area contributed by atoms with Gasteiger partial charge in [0.05, 0.1) is 18.6 Å². The van der Waals surface area contributed by atoms with E-state index >= 15 is 0 Å². The average Bonchev–Trinajstić information content (AvgIpc) is 2.96. The van der Waals surface area contributed by atoms with Crippen molar-refractivity contribution in [2.24, 2.45) is 5.41 Å². The fourth-order valence-corrected chi connectivity index (χ4v) is 4.25. The van der Waals surface area contributed by atoms with Crippen molar-refractivity contribution >= 4 is 22.8 Å². The molecule has 5 rings (SSSR count). The van der Waals surface area contributed by atoms with Gasteiger partial charge in [0.25, 0.3) is 5.56 Å². The summed E-state index contributed by atoms with van der Waals surface area (Å²) in [5, 5.41) is 3.55. The van der Waals surface area contributed by atoms with E-state index in [2.05, 4.69) is 20.3 Å². The number of nitrogens with one attached hydrogen (secondary N) is 2. The van der Waals surface area contributed by atoms with Crippen LogP contribution in [0, 0.1) is 5.41 Å². The third-order valence-electron chi connectivity index (χ3n) is 5.71. The van der Waals surface area contributed by atoms with Gasteiger partial charge in [-0.1, -0.05) is 19.9 Å². The Bertz CT molecular complexity index is 1250. The molecule has 0 spiro atoms. The molecule has 2 aromatic heterocycles. The van der Waals surface area contributed by atoms with Gasteiger partial charge in [-0.3, -0.25) is 14.6 Å². The van der Waals surface area contributed by atoms with Crippen LogP contribution in [0.1, 0.15) is 48.2 Å². The van der Waals surface area contributed by atoms with Crippen molar-refractivity contribution in [1.82, 2.24) is 15.0 Å². The first-order chi connectivity index (χ1) is 14.9. The molecule has 1 aromatic carbocycles. The quantitative estimate of drug-likeness (QED) is 0.670. The van der Waals surface area contributed by atoms with Gasteiger partial charge in [-0.15, -0.1) is 0 Å². The van der Waals surface area contributed by atoms with Crippen LogP contribution in [0.2, 0.25) is 0 Å². The van der Waals surface area contributed by atoms with Crippen LogP contribution in [0.3, 0.4) is 0 Å². The zero-order chi connectivity index (χ0) is 21.6. The number of Topliss-reactive ketones (excluding diaryl/α,β-unsaturated/α-hetero) is 1. The molecule has 0 unspecified atom stereocenters. The maximum atomic E-state index is 12.9. The van der Waals surface area contributed by atoms with Gasteiger partial charge in [0.2, 0.25) is 5.95 Å². The first kappa shape index (κ1) is 19.5. The Balaban J connectivity index is 1.43. The summed E-state index contributed by atoms with van der Waals surface area (Å²) < 4.78 is 11.4. The maximum Gasteiger partial charge on any atom is 0.262 e. The molecule has 160 valence electrons. The molecule has 2 N–H and O–H groups in total. The SMILES string of the molecule is CC1(C)CC(=O)c2cnc3nc(NCc4ccc5c(c4)OCCCO5)[nH]c(=O)c3c2C1. The lowest BCUT2D eigenvalue weighted by Crippen LogP contribution is -2.29. The fourth-order valence-electron chi connectivity index (χ4n) is 4.25. The number of aromatic amines is 1. The monoisotopic (exact) mass is 420 g/mol. The Morgan fingerprint density at radius 3 is 2.77 bits per heavy atom. The first-order valence-electron chi connectivity index (χ1n) is 10.5. The van der Waals surface area contributed by atoms with Gasteiger partial charge < -0.3 is 14.8 Å². The van der Waals surface area contributed by atoms with E-state index in [1.54, 1.807) is 6.20 Å². The maximum absolute atomic E-state index is 12.9. The number of carbonyl (C=O) groups is 1. The number of rotatable bonds is 3. The Morgan fingerprint density at radius 1 is 1.13 bits per heavy atom. The molecule has 1 aliphatic heterocycles. The number of anilines is 1. The number of pyridine rings is 1. The van der Waals surface area contributed by atoms with E-state index in [0.717, 1.165) is 29.0 Å². The molecule has 8 heteroatoms. The van der Waals surface area contributed by atoms with Gasteiger partial charge in [-0.25, -0.2) is 4.98 Å². The summed E-state index contributed by atoms with van der Waals surface area (Å²) >= 11 is 0.